The number of benzene rings is 12. The van der Waals surface area contributed by atoms with Crippen molar-refractivity contribution < 1.29 is 0 Å². The topological polar surface area (TPSA) is 9.86 Å². The first kappa shape index (κ1) is 36.7. The van der Waals surface area contributed by atoms with E-state index in [0.717, 1.165) is 11.4 Å². The smallest absolute Gasteiger partial charge is 0.0625 e. The van der Waals surface area contributed by atoms with Gasteiger partial charge < -0.3 is 9.13 Å². The molecule has 0 bridgehead atoms. The van der Waals surface area contributed by atoms with Crippen LogP contribution in [-0.2, 0) is 0 Å². The average molecular weight is 837 g/mol. The summed E-state index contributed by atoms with van der Waals surface area (Å²) in [6.07, 6.45) is 0. The maximum Gasteiger partial charge on any atom is 0.0625 e. The molecule has 0 spiro atoms. The van der Waals surface area contributed by atoms with Crippen LogP contribution in [0.5, 0.6) is 0 Å². The minimum absolute atomic E-state index is 1.14. The Balaban J connectivity index is 0.929. The predicted octanol–water partition coefficient (Wildman–Crippen LogP) is 17.5. The average Bonchev–Trinajstić information content (AvgIpc) is 3.93. The Labute approximate surface area is 381 Å². The van der Waals surface area contributed by atoms with Crippen LogP contribution in [0.15, 0.2) is 243 Å². The molecule has 0 fully saturated rings. The van der Waals surface area contributed by atoms with Crippen LogP contribution >= 0.6 is 0 Å². The van der Waals surface area contributed by atoms with E-state index in [9.17, 15) is 0 Å². The zero-order valence-corrected chi connectivity index (χ0v) is 36.0. The minimum atomic E-state index is 1.14. The van der Waals surface area contributed by atoms with Gasteiger partial charge >= 0.3 is 0 Å². The van der Waals surface area contributed by atoms with Crippen molar-refractivity contribution in [3.05, 3.63) is 243 Å². The van der Waals surface area contributed by atoms with Gasteiger partial charge in [0.1, 0.15) is 0 Å². The second-order valence-corrected chi connectivity index (χ2v) is 17.6. The van der Waals surface area contributed by atoms with Crippen LogP contribution < -0.4 is 0 Å². The van der Waals surface area contributed by atoms with Crippen LogP contribution in [0, 0.1) is 0 Å². The van der Waals surface area contributed by atoms with E-state index in [-0.39, 0.29) is 0 Å². The maximum absolute atomic E-state index is 2.49. The first-order valence-corrected chi connectivity index (χ1v) is 22.8. The van der Waals surface area contributed by atoms with Crippen molar-refractivity contribution in [2.45, 2.75) is 0 Å². The van der Waals surface area contributed by atoms with Crippen molar-refractivity contribution in [1.29, 1.82) is 0 Å². The van der Waals surface area contributed by atoms with Gasteiger partial charge in [-0.3, -0.25) is 0 Å². The van der Waals surface area contributed by atoms with Crippen LogP contribution in [0.4, 0.5) is 0 Å². The quantitative estimate of drug-likeness (QED) is 0.153. The summed E-state index contributed by atoms with van der Waals surface area (Å²) >= 11 is 0. The lowest BCUT2D eigenvalue weighted by Crippen LogP contribution is -1.96. The highest BCUT2D eigenvalue weighted by Crippen LogP contribution is 2.46. The third-order valence-corrected chi connectivity index (χ3v) is 14.1. The number of rotatable bonds is 5. The van der Waals surface area contributed by atoms with E-state index in [4.69, 9.17) is 0 Å². The number of hydrogen-bond acceptors (Lipinski definition) is 0. The number of aromatic nitrogens is 2. The van der Waals surface area contributed by atoms with E-state index in [1.807, 2.05) is 0 Å². The monoisotopic (exact) mass is 836 g/mol. The fourth-order valence-electron chi connectivity index (χ4n) is 11.1. The van der Waals surface area contributed by atoms with E-state index >= 15 is 0 Å². The van der Waals surface area contributed by atoms with Gasteiger partial charge in [-0.2, -0.15) is 0 Å². The minimum Gasteiger partial charge on any atom is -0.309 e. The summed E-state index contributed by atoms with van der Waals surface area (Å²) in [5.74, 6) is 0. The van der Waals surface area contributed by atoms with Gasteiger partial charge in [-0.25, -0.2) is 0 Å². The van der Waals surface area contributed by atoms with Gasteiger partial charge in [0.2, 0.25) is 0 Å². The molecule has 0 radical (unpaired) electrons. The van der Waals surface area contributed by atoms with Gasteiger partial charge in [-0.1, -0.05) is 194 Å². The van der Waals surface area contributed by atoms with Crippen molar-refractivity contribution >= 4 is 86.7 Å². The largest absolute Gasteiger partial charge is 0.309 e. The lowest BCUT2D eigenvalue weighted by Gasteiger charge is -2.14. The highest BCUT2D eigenvalue weighted by atomic mass is 15.0. The summed E-state index contributed by atoms with van der Waals surface area (Å²) in [4.78, 5) is 0. The fraction of sp³-hybridized carbons (Fsp3) is 0. The van der Waals surface area contributed by atoms with Gasteiger partial charge in [-0.15, -0.1) is 0 Å². The zero-order chi connectivity index (χ0) is 43.3. The molecule has 0 N–H and O–H groups in total. The van der Waals surface area contributed by atoms with Crippen LogP contribution in [0.1, 0.15) is 0 Å². The molecule has 0 aliphatic carbocycles. The summed E-state index contributed by atoms with van der Waals surface area (Å²) in [6, 6.07) is 89.4. The van der Waals surface area contributed by atoms with Crippen molar-refractivity contribution in [2.75, 3.05) is 0 Å². The van der Waals surface area contributed by atoms with Crippen LogP contribution in [-0.4, -0.2) is 9.13 Å². The Morgan fingerprint density at radius 1 is 0.197 bits per heavy atom. The lowest BCUT2D eigenvalue weighted by atomic mass is 9.96. The summed E-state index contributed by atoms with van der Waals surface area (Å²) in [6.45, 7) is 0. The van der Waals surface area contributed by atoms with Crippen molar-refractivity contribution in [2.24, 2.45) is 0 Å². The van der Waals surface area contributed by atoms with E-state index in [1.165, 1.54) is 120 Å². The molecule has 2 nitrogen and oxygen atoms in total. The van der Waals surface area contributed by atoms with Crippen molar-refractivity contribution in [3.8, 4) is 44.8 Å². The summed E-state index contributed by atoms with van der Waals surface area (Å²) in [5, 5.41) is 15.3. The van der Waals surface area contributed by atoms with Gasteiger partial charge in [0.05, 0.1) is 22.1 Å². The van der Waals surface area contributed by atoms with Gasteiger partial charge in [0.25, 0.3) is 0 Å². The van der Waals surface area contributed by atoms with E-state index in [0.29, 0.717) is 0 Å². The molecule has 2 aromatic heterocycles. The van der Waals surface area contributed by atoms with Gasteiger partial charge in [-0.05, 0) is 114 Å². The number of nitrogens with zero attached hydrogens (tertiary/aromatic N) is 2. The molecule has 14 aromatic rings. The summed E-state index contributed by atoms with van der Waals surface area (Å²) < 4.78 is 4.97. The molecule has 12 aromatic carbocycles. The summed E-state index contributed by atoms with van der Waals surface area (Å²) in [5.41, 5.74) is 14.4. The predicted molar refractivity (Wildman–Crippen MR) is 281 cm³/mol. The van der Waals surface area contributed by atoms with Gasteiger partial charge in [0, 0.05) is 43.7 Å². The first-order valence-electron chi connectivity index (χ1n) is 22.8. The second kappa shape index (κ2) is 14.4. The van der Waals surface area contributed by atoms with Crippen molar-refractivity contribution in [3.63, 3.8) is 0 Å². The van der Waals surface area contributed by atoms with Crippen LogP contribution in [0.25, 0.3) is 131 Å². The molecular weight excluding hydrogens is 797 g/mol. The Morgan fingerprint density at radius 3 is 0.864 bits per heavy atom. The molecule has 0 atom stereocenters. The van der Waals surface area contributed by atoms with E-state index in [2.05, 4.69) is 252 Å². The van der Waals surface area contributed by atoms with E-state index in [1.54, 1.807) is 0 Å². The maximum atomic E-state index is 2.49. The van der Waals surface area contributed by atoms with E-state index < -0.39 is 0 Å². The molecule has 0 saturated carbocycles. The third kappa shape index (κ3) is 5.42. The van der Waals surface area contributed by atoms with Crippen LogP contribution in [0.2, 0.25) is 0 Å². The highest BCUT2D eigenvalue weighted by molar-refractivity contribution is 6.33. The van der Waals surface area contributed by atoms with Crippen molar-refractivity contribution in [1.82, 2.24) is 9.13 Å². The molecule has 0 amide bonds. The first-order chi connectivity index (χ1) is 32.8. The Hall–Kier alpha value is -8.72. The molecule has 2 heterocycles. The second-order valence-electron chi connectivity index (χ2n) is 17.6. The number of fused-ring (bicyclic) bond motifs is 16. The Morgan fingerprint density at radius 2 is 0.485 bits per heavy atom. The summed E-state index contributed by atoms with van der Waals surface area (Å²) in [7, 11) is 0. The van der Waals surface area contributed by atoms with Gasteiger partial charge in [0.15, 0.2) is 0 Å². The lowest BCUT2D eigenvalue weighted by molar-refractivity contribution is 1.18. The molecule has 306 valence electrons. The third-order valence-electron chi connectivity index (χ3n) is 14.1. The Bertz CT molecular complexity index is 3950. The molecule has 2 heteroatoms. The molecule has 0 unspecified atom stereocenters. The molecule has 66 heavy (non-hydrogen) atoms. The number of hydrogen-bond donors (Lipinski definition) is 0. The molecule has 0 aliphatic heterocycles. The molecule has 0 aliphatic rings. The Kier molecular flexibility index (Phi) is 8.02. The highest BCUT2D eigenvalue weighted by Gasteiger charge is 2.22. The normalized spacial score (nSPS) is 11.9. The SMILES string of the molecule is c1ccc(-c2ccc3c(c2)c2c4ccccc4c4ccccc4c2n3-c2ccc(-c3ccc(-n4c5ccc(-c6ccccc6)cc5c5c6ccccc6c6ccccc6c54)cc3)cc2)cc1. The standard InChI is InChI=1S/C64H40N2/c1-3-15-41(16-4-1)45-31-37-59-57(39-45)61-53-23-11-7-19-49(53)51-21-9-13-25-55(51)63(61)65(59)47-33-27-43(28-34-47)44-29-35-48(36-30-44)66-60-38-32-46(42-17-5-2-6-18-42)40-58(60)62-54-24-12-8-20-50(54)52-22-10-14-26-56(52)64(62)66/h1-40H. The molecule has 14 rings (SSSR count). The van der Waals surface area contributed by atoms with Crippen LogP contribution in [0.3, 0.4) is 0 Å². The fourth-order valence-corrected chi connectivity index (χ4v) is 11.1. The molecule has 0 saturated heterocycles. The molecular formula is C64H40N2. The zero-order valence-electron chi connectivity index (χ0n) is 36.0.